The van der Waals surface area contributed by atoms with E-state index in [1.165, 1.54) is 0 Å². The minimum Gasteiger partial charge on any atom is -0.334 e. The van der Waals surface area contributed by atoms with E-state index < -0.39 is 0 Å². The summed E-state index contributed by atoms with van der Waals surface area (Å²) in [6, 6.07) is 3.97. The Labute approximate surface area is 148 Å². The van der Waals surface area contributed by atoms with Crippen LogP contribution in [0, 0.1) is 0 Å². The predicted molar refractivity (Wildman–Crippen MR) is 95.7 cm³/mol. The number of amides is 1. The molecule has 1 saturated heterocycles. The Morgan fingerprint density at radius 1 is 1.28 bits per heavy atom. The fraction of sp³-hybridized carbons (Fsp3) is 0.474. The lowest BCUT2D eigenvalue weighted by Crippen LogP contribution is -2.31. The Balaban J connectivity index is 1.66. The van der Waals surface area contributed by atoms with Gasteiger partial charge in [-0.25, -0.2) is 0 Å². The van der Waals surface area contributed by atoms with Gasteiger partial charge in [-0.1, -0.05) is 6.07 Å². The van der Waals surface area contributed by atoms with Crippen LogP contribution < -0.4 is 0 Å². The Morgan fingerprint density at radius 2 is 2.16 bits per heavy atom. The lowest BCUT2D eigenvalue weighted by molar-refractivity contribution is -0.132. The van der Waals surface area contributed by atoms with Gasteiger partial charge in [0.2, 0.25) is 5.91 Å². The van der Waals surface area contributed by atoms with Gasteiger partial charge in [-0.15, -0.1) is 0 Å². The van der Waals surface area contributed by atoms with Gasteiger partial charge in [-0.3, -0.25) is 19.7 Å². The molecule has 2 aromatic heterocycles. The Hall–Kier alpha value is -2.34. The molecule has 2 aromatic rings. The smallest absolute Gasteiger partial charge is 0.223 e. The molecule has 1 amide bonds. The zero-order valence-electron chi connectivity index (χ0n) is 14.9. The molecular weight excluding hydrogens is 314 g/mol. The van der Waals surface area contributed by atoms with Crippen molar-refractivity contribution in [3.63, 3.8) is 0 Å². The van der Waals surface area contributed by atoms with Crippen molar-refractivity contribution in [1.82, 2.24) is 24.8 Å². The number of hydrogen-bond acceptors (Lipinski definition) is 5. The van der Waals surface area contributed by atoms with Crippen LogP contribution in [0.25, 0.3) is 0 Å². The van der Waals surface area contributed by atoms with E-state index in [1.807, 2.05) is 37.3 Å². The SMILES string of the molecule is CN(C)Cc1cncc(C2CCCN2C(=O)CCc2cccnc2)n1. The fourth-order valence-corrected chi connectivity index (χ4v) is 3.30. The van der Waals surface area contributed by atoms with Crippen molar-refractivity contribution < 1.29 is 4.79 Å². The van der Waals surface area contributed by atoms with Gasteiger partial charge in [-0.05, 0) is 45.0 Å². The average Bonchev–Trinajstić information content (AvgIpc) is 3.10. The van der Waals surface area contributed by atoms with Crippen molar-refractivity contribution in [2.24, 2.45) is 0 Å². The fourth-order valence-electron chi connectivity index (χ4n) is 3.30. The van der Waals surface area contributed by atoms with Crippen LogP contribution in [0.5, 0.6) is 0 Å². The highest BCUT2D eigenvalue weighted by atomic mass is 16.2. The van der Waals surface area contributed by atoms with Gasteiger partial charge >= 0.3 is 0 Å². The van der Waals surface area contributed by atoms with E-state index in [-0.39, 0.29) is 11.9 Å². The molecule has 25 heavy (non-hydrogen) atoms. The molecule has 0 aromatic carbocycles. The minimum absolute atomic E-state index is 0.0519. The number of aromatic nitrogens is 3. The first kappa shape index (κ1) is 17.5. The summed E-state index contributed by atoms with van der Waals surface area (Å²) in [4.78, 5) is 29.9. The van der Waals surface area contributed by atoms with Gasteiger partial charge in [0.05, 0.1) is 23.6 Å². The third-order valence-electron chi connectivity index (χ3n) is 4.45. The second-order valence-electron chi connectivity index (χ2n) is 6.78. The summed E-state index contributed by atoms with van der Waals surface area (Å²) in [5.74, 6) is 0.186. The third kappa shape index (κ3) is 4.60. The topological polar surface area (TPSA) is 62.2 Å². The highest BCUT2D eigenvalue weighted by Crippen LogP contribution is 2.31. The predicted octanol–water partition coefficient (Wildman–Crippen LogP) is 2.23. The van der Waals surface area contributed by atoms with Crippen molar-refractivity contribution in [2.75, 3.05) is 20.6 Å². The molecule has 0 bridgehead atoms. The molecule has 3 rings (SSSR count). The zero-order valence-corrected chi connectivity index (χ0v) is 14.9. The lowest BCUT2D eigenvalue weighted by atomic mass is 10.1. The normalized spacial score (nSPS) is 17.2. The standard InChI is InChI=1S/C19H25N5O/c1-23(2)14-16-12-21-13-17(22-16)18-6-4-10-24(18)19(25)8-7-15-5-3-9-20-11-15/h3,5,9,11-13,18H,4,6-8,10,14H2,1-2H3. The van der Waals surface area contributed by atoms with Crippen molar-refractivity contribution in [2.45, 2.75) is 38.3 Å². The Bertz CT molecular complexity index is 704. The zero-order chi connectivity index (χ0) is 17.6. The number of hydrogen-bond donors (Lipinski definition) is 0. The van der Waals surface area contributed by atoms with E-state index in [1.54, 1.807) is 18.6 Å². The van der Waals surface area contributed by atoms with Gasteiger partial charge < -0.3 is 9.80 Å². The van der Waals surface area contributed by atoms with Crippen molar-refractivity contribution >= 4 is 5.91 Å². The highest BCUT2D eigenvalue weighted by molar-refractivity contribution is 5.77. The number of likely N-dealkylation sites (tertiary alicyclic amines) is 1. The summed E-state index contributed by atoms with van der Waals surface area (Å²) in [7, 11) is 4.02. The van der Waals surface area contributed by atoms with Crippen LogP contribution in [-0.2, 0) is 17.8 Å². The molecule has 0 saturated carbocycles. The Morgan fingerprint density at radius 3 is 2.92 bits per heavy atom. The van der Waals surface area contributed by atoms with Crippen molar-refractivity contribution in [3.8, 4) is 0 Å². The van der Waals surface area contributed by atoms with E-state index in [2.05, 4.69) is 14.9 Å². The first-order valence-electron chi connectivity index (χ1n) is 8.77. The molecular formula is C19H25N5O. The maximum absolute atomic E-state index is 12.7. The van der Waals surface area contributed by atoms with Crippen molar-refractivity contribution in [3.05, 3.63) is 53.9 Å². The summed E-state index contributed by atoms with van der Waals surface area (Å²) >= 11 is 0. The summed E-state index contributed by atoms with van der Waals surface area (Å²) in [5, 5.41) is 0. The van der Waals surface area contributed by atoms with Crippen LogP contribution >= 0.6 is 0 Å². The van der Waals surface area contributed by atoms with E-state index in [0.29, 0.717) is 6.42 Å². The molecule has 0 aliphatic carbocycles. The molecule has 1 aliphatic rings. The summed E-state index contributed by atoms with van der Waals surface area (Å²) < 4.78 is 0. The summed E-state index contributed by atoms with van der Waals surface area (Å²) in [6.07, 6.45) is 10.4. The highest BCUT2D eigenvalue weighted by Gasteiger charge is 2.30. The molecule has 3 heterocycles. The van der Waals surface area contributed by atoms with E-state index >= 15 is 0 Å². The van der Waals surface area contributed by atoms with Gasteiger partial charge in [0.1, 0.15) is 0 Å². The lowest BCUT2D eigenvalue weighted by Gasteiger charge is -2.24. The second kappa shape index (κ2) is 8.16. The first-order chi connectivity index (χ1) is 12.1. The molecule has 6 heteroatoms. The average molecular weight is 339 g/mol. The minimum atomic E-state index is 0.0519. The molecule has 1 fully saturated rings. The monoisotopic (exact) mass is 339 g/mol. The third-order valence-corrected chi connectivity index (χ3v) is 4.45. The van der Waals surface area contributed by atoms with Crippen LogP contribution in [0.3, 0.4) is 0 Å². The van der Waals surface area contributed by atoms with Crippen LogP contribution in [0.1, 0.15) is 42.3 Å². The number of pyridine rings is 1. The van der Waals surface area contributed by atoms with E-state index in [4.69, 9.17) is 4.98 Å². The number of nitrogens with zero attached hydrogens (tertiary/aromatic N) is 5. The number of carbonyl (C=O) groups excluding carboxylic acids is 1. The molecule has 132 valence electrons. The first-order valence-corrected chi connectivity index (χ1v) is 8.77. The molecule has 1 aliphatic heterocycles. The van der Waals surface area contributed by atoms with Gasteiger partial charge in [0, 0.05) is 38.1 Å². The van der Waals surface area contributed by atoms with Crippen LogP contribution in [0.2, 0.25) is 0 Å². The van der Waals surface area contributed by atoms with E-state index in [0.717, 1.165) is 49.3 Å². The Kier molecular flexibility index (Phi) is 5.71. The second-order valence-corrected chi connectivity index (χ2v) is 6.78. The van der Waals surface area contributed by atoms with Crippen LogP contribution in [0.15, 0.2) is 36.9 Å². The summed E-state index contributed by atoms with van der Waals surface area (Å²) in [5.41, 5.74) is 2.95. The van der Waals surface area contributed by atoms with Gasteiger partial charge in [0.25, 0.3) is 0 Å². The largest absolute Gasteiger partial charge is 0.334 e. The number of aryl methyl sites for hydroxylation is 1. The van der Waals surface area contributed by atoms with E-state index in [9.17, 15) is 4.79 Å². The molecule has 1 atom stereocenters. The molecule has 6 nitrogen and oxygen atoms in total. The quantitative estimate of drug-likeness (QED) is 0.808. The summed E-state index contributed by atoms with van der Waals surface area (Å²) in [6.45, 7) is 1.55. The molecule has 0 spiro atoms. The molecule has 1 unspecified atom stereocenters. The number of carbonyl (C=O) groups is 1. The molecule has 0 N–H and O–H groups in total. The van der Waals surface area contributed by atoms with Gasteiger partial charge in [-0.2, -0.15) is 0 Å². The van der Waals surface area contributed by atoms with Crippen molar-refractivity contribution in [1.29, 1.82) is 0 Å². The number of rotatable bonds is 6. The maximum Gasteiger partial charge on any atom is 0.223 e. The maximum atomic E-state index is 12.7. The van der Waals surface area contributed by atoms with Crippen LogP contribution in [0.4, 0.5) is 0 Å². The van der Waals surface area contributed by atoms with Gasteiger partial charge in [0.15, 0.2) is 0 Å². The molecule has 0 radical (unpaired) electrons. The van der Waals surface area contributed by atoms with Crippen LogP contribution in [-0.4, -0.2) is 51.3 Å².